The van der Waals surface area contributed by atoms with Crippen LogP contribution < -0.4 is 10.1 Å². The van der Waals surface area contributed by atoms with Crippen molar-refractivity contribution in [3.8, 4) is 11.5 Å². The highest BCUT2D eigenvalue weighted by atomic mass is 16.5. The number of hydrogen-bond donors (Lipinski definition) is 2. The van der Waals surface area contributed by atoms with Crippen molar-refractivity contribution in [3.05, 3.63) is 65.9 Å². The first kappa shape index (κ1) is 20.0. The van der Waals surface area contributed by atoms with Gasteiger partial charge in [-0.2, -0.15) is 0 Å². The quantitative estimate of drug-likeness (QED) is 0.469. The Bertz CT molecular complexity index is 1020. The Morgan fingerprint density at radius 3 is 2.76 bits per heavy atom. The lowest BCUT2D eigenvalue weighted by Crippen LogP contribution is -2.30. The summed E-state index contributed by atoms with van der Waals surface area (Å²) < 4.78 is 15.7. The van der Waals surface area contributed by atoms with Crippen LogP contribution in [0.5, 0.6) is 11.5 Å². The van der Waals surface area contributed by atoms with Gasteiger partial charge in [-0.25, -0.2) is 4.79 Å². The summed E-state index contributed by atoms with van der Waals surface area (Å²) in [5.74, 6) is -0.191. The number of hydrogen-bond acceptors (Lipinski definition) is 6. The highest BCUT2D eigenvalue weighted by Gasteiger charge is 2.15. The summed E-state index contributed by atoms with van der Waals surface area (Å²) in [5, 5.41) is 13.2. The normalized spacial score (nSPS) is 12.1. The van der Waals surface area contributed by atoms with E-state index in [1.54, 1.807) is 19.1 Å². The number of phenolic OH excluding ortho intramolecular Hbond substituents is 1. The maximum absolute atomic E-state index is 12.0. The van der Waals surface area contributed by atoms with E-state index in [-0.39, 0.29) is 11.8 Å². The third-order valence-corrected chi connectivity index (χ3v) is 4.21. The number of nitrogens with one attached hydrogen (secondary N) is 1. The second kappa shape index (κ2) is 8.97. The van der Waals surface area contributed by atoms with Gasteiger partial charge in [-0.1, -0.05) is 24.3 Å². The van der Waals surface area contributed by atoms with Gasteiger partial charge in [0.1, 0.15) is 11.3 Å². The Balaban J connectivity index is 1.50. The maximum Gasteiger partial charge on any atom is 0.331 e. The fourth-order valence-corrected chi connectivity index (χ4v) is 2.72. The molecule has 1 amide bonds. The molecule has 150 valence electrons. The van der Waals surface area contributed by atoms with Gasteiger partial charge in [-0.3, -0.25) is 4.79 Å². The number of phenols is 1. The number of furan rings is 1. The minimum atomic E-state index is -0.663. The first-order valence-corrected chi connectivity index (χ1v) is 8.96. The first-order chi connectivity index (χ1) is 14.0. The van der Waals surface area contributed by atoms with Gasteiger partial charge >= 0.3 is 5.97 Å². The zero-order valence-corrected chi connectivity index (χ0v) is 16.0. The van der Waals surface area contributed by atoms with Gasteiger partial charge in [0.15, 0.2) is 18.1 Å². The van der Waals surface area contributed by atoms with E-state index in [4.69, 9.17) is 13.9 Å². The van der Waals surface area contributed by atoms with Crippen molar-refractivity contribution < 1.29 is 28.6 Å². The molecule has 2 aromatic carbocycles. The lowest BCUT2D eigenvalue weighted by atomic mass is 10.2. The molecule has 1 aromatic heterocycles. The molecule has 0 fully saturated rings. The predicted molar refractivity (Wildman–Crippen MR) is 107 cm³/mol. The molecule has 0 saturated carbocycles. The fraction of sp³-hybridized carbons (Fsp3) is 0.182. The van der Waals surface area contributed by atoms with Crippen LogP contribution in [0.2, 0.25) is 0 Å². The lowest BCUT2D eigenvalue weighted by molar-refractivity contribution is -0.144. The molecule has 7 nitrogen and oxygen atoms in total. The molecule has 0 aliphatic rings. The van der Waals surface area contributed by atoms with Crippen LogP contribution in [0.3, 0.4) is 0 Å². The molecule has 1 heterocycles. The molecular weight excluding hydrogens is 374 g/mol. The molecule has 1 atom stereocenters. The molecule has 3 rings (SSSR count). The number of benzene rings is 2. The van der Waals surface area contributed by atoms with Gasteiger partial charge < -0.3 is 24.3 Å². The Labute approximate surface area is 167 Å². The van der Waals surface area contributed by atoms with Crippen molar-refractivity contribution >= 4 is 28.9 Å². The summed E-state index contributed by atoms with van der Waals surface area (Å²) in [6.07, 6.45) is 2.70. The van der Waals surface area contributed by atoms with Gasteiger partial charge in [0.25, 0.3) is 5.91 Å². The van der Waals surface area contributed by atoms with Crippen LogP contribution in [0.4, 0.5) is 0 Å². The van der Waals surface area contributed by atoms with Crippen molar-refractivity contribution in [3.63, 3.8) is 0 Å². The molecule has 7 heteroatoms. The maximum atomic E-state index is 12.0. The van der Waals surface area contributed by atoms with Gasteiger partial charge in [0, 0.05) is 11.5 Å². The highest BCUT2D eigenvalue weighted by molar-refractivity contribution is 5.89. The van der Waals surface area contributed by atoms with Crippen molar-refractivity contribution in [1.29, 1.82) is 0 Å². The van der Waals surface area contributed by atoms with E-state index in [9.17, 15) is 14.7 Å². The van der Waals surface area contributed by atoms with E-state index >= 15 is 0 Å². The topological polar surface area (TPSA) is 98.0 Å². The van der Waals surface area contributed by atoms with Crippen LogP contribution in [0, 0.1) is 0 Å². The van der Waals surface area contributed by atoms with E-state index in [1.807, 2.05) is 30.3 Å². The van der Waals surface area contributed by atoms with E-state index in [1.165, 1.54) is 25.3 Å². The van der Waals surface area contributed by atoms with Gasteiger partial charge in [0.05, 0.1) is 13.2 Å². The first-order valence-electron chi connectivity index (χ1n) is 8.96. The number of fused-ring (bicyclic) bond motifs is 1. The number of rotatable bonds is 7. The summed E-state index contributed by atoms with van der Waals surface area (Å²) in [7, 11) is 1.43. The Morgan fingerprint density at radius 1 is 1.21 bits per heavy atom. The SMILES string of the molecule is COc1cc(/C=C/C(=O)OCC(=O)N[C@@H](C)c2cc3ccccc3o2)ccc1O. The number of amides is 1. The minimum Gasteiger partial charge on any atom is -0.504 e. The van der Waals surface area contributed by atoms with E-state index < -0.39 is 18.5 Å². The van der Waals surface area contributed by atoms with Crippen molar-refractivity contribution in [1.82, 2.24) is 5.32 Å². The number of esters is 1. The molecule has 0 spiro atoms. The number of methoxy groups -OCH3 is 1. The molecule has 29 heavy (non-hydrogen) atoms. The smallest absolute Gasteiger partial charge is 0.331 e. The average Bonchev–Trinajstić information content (AvgIpc) is 3.16. The van der Waals surface area contributed by atoms with Crippen LogP contribution in [0.15, 0.2) is 59.0 Å². The molecule has 3 aromatic rings. The number of carbonyl (C=O) groups excluding carboxylic acids is 2. The van der Waals surface area contributed by atoms with Gasteiger partial charge in [0.2, 0.25) is 0 Å². The Kier molecular flexibility index (Phi) is 6.19. The molecule has 0 unspecified atom stereocenters. The van der Waals surface area contributed by atoms with Gasteiger partial charge in [-0.15, -0.1) is 0 Å². The van der Waals surface area contributed by atoms with Crippen molar-refractivity contribution in [2.24, 2.45) is 0 Å². The number of aromatic hydroxyl groups is 1. The Morgan fingerprint density at radius 2 is 2.00 bits per heavy atom. The largest absolute Gasteiger partial charge is 0.504 e. The van der Waals surface area contributed by atoms with Crippen LogP contribution in [-0.2, 0) is 14.3 Å². The fourth-order valence-electron chi connectivity index (χ4n) is 2.72. The highest BCUT2D eigenvalue weighted by Crippen LogP contribution is 2.26. The van der Waals surface area contributed by atoms with Crippen LogP contribution in [0.25, 0.3) is 17.0 Å². The zero-order valence-electron chi connectivity index (χ0n) is 16.0. The molecule has 0 saturated heterocycles. The number of ether oxygens (including phenoxy) is 2. The molecular formula is C22H21NO6. The van der Waals surface area contributed by atoms with Crippen molar-refractivity contribution in [2.75, 3.05) is 13.7 Å². The molecule has 0 bridgehead atoms. The molecule has 0 radical (unpaired) electrons. The minimum absolute atomic E-state index is 0.00229. The summed E-state index contributed by atoms with van der Waals surface area (Å²) in [6, 6.07) is 13.7. The van der Waals surface area contributed by atoms with Crippen LogP contribution >= 0.6 is 0 Å². The van der Waals surface area contributed by atoms with Crippen LogP contribution in [0.1, 0.15) is 24.3 Å². The summed E-state index contributed by atoms with van der Waals surface area (Å²) in [6.45, 7) is 1.38. The summed E-state index contributed by atoms with van der Waals surface area (Å²) in [4.78, 5) is 23.9. The monoisotopic (exact) mass is 395 g/mol. The average molecular weight is 395 g/mol. The second-order valence-corrected chi connectivity index (χ2v) is 6.35. The molecule has 0 aliphatic carbocycles. The third kappa shape index (κ3) is 5.16. The predicted octanol–water partition coefficient (Wildman–Crippen LogP) is 3.58. The standard InChI is InChI=1S/C22H21NO6/c1-14(19-12-16-5-3-4-6-18(16)29-19)23-21(25)13-28-22(26)10-8-15-7-9-17(24)20(11-15)27-2/h3-12,14,24H,13H2,1-2H3,(H,23,25)/b10-8+/t14-/m0/s1. The van der Waals surface area contributed by atoms with E-state index in [2.05, 4.69) is 5.32 Å². The summed E-state index contributed by atoms with van der Waals surface area (Å²) >= 11 is 0. The summed E-state index contributed by atoms with van der Waals surface area (Å²) in [5.41, 5.74) is 1.38. The van der Waals surface area contributed by atoms with Crippen molar-refractivity contribution in [2.45, 2.75) is 13.0 Å². The van der Waals surface area contributed by atoms with E-state index in [0.717, 1.165) is 11.0 Å². The Hall–Kier alpha value is -3.74. The van der Waals surface area contributed by atoms with E-state index in [0.29, 0.717) is 17.1 Å². The molecule has 2 N–H and O–H groups in total. The van der Waals surface area contributed by atoms with Gasteiger partial charge in [-0.05, 0) is 42.8 Å². The lowest BCUT2D eigenvalue weighted by Gasteiger charge is -2.11. The third-order valence-electron chi connectivity index (χ3n) is 4.21. The molecule has 0 aliphatic heterocycles. The van der Waals surface area contributed by atoms with Crippen LogP contribution in [-0.4, -0.2) is 30.7 Å². The number of para-hydroxylation sites is 1. The zero-order chi connectivity index (χ0) is 20.8. The number of carbonyl (C=O) groups is 2. The second-order valence-electron chi connectivity index (χ2n) is 6.35.